The summed E-state index contributed by atoms with van der Waals surface area (Å²) in [4.78, 5) is 29.9. The van der Waals surface area contributed by atoms with E-state index in [2.05, 4.69) is 11.8 Å². The van der Waals surface area contributed by atoms with Gasteiger partial charge in [0.2, 0.25) is 0 Å². The van der Waals surface area contributed by atoms with Crippen molar-refractivity contribution in [2.75, 3.05) is 39.4 Å². The molecule has 1 amide bonds. The number of hydrogen-bond acceptors (Lipinski definition) is 5. The van der Waals surface area contributed by atoms with E-state index in [1.807, 2.05) is 24.3 Å². The van der Waals surface area contributed by atoms with Gasteiger partial charge in [-0.25, -0.2) is 0 Å². The summed E-state index contributed by atoms with van der Waals surface area (Å²) in [5.74, 6) is -1.43. The van der Waals surface area contributed by atoms with Crippen molar-refractivity contribution in [3.63, 3.8) is 0 Å². The molecule has 4 rings (SSSR count). The number of aryl methyl sites for hydroxylation is 1. The molecule has 2 aromatic rings. The summed E-state index contributed by atoms with van der Waals surface area (Å²) in [5.41, 5.74) is 2.54. The van der Waals surface area contributed by atoms with Crippen molar-refractivity contribution in [1.29, 1.82) is 0 Å². The fourth-order valence-electron chi connectivity index (χ4n) is 4.23. The van der Waals surface area contributed by atoms with Crippen LogP contribution in [0.15, 0.2) is 54.1 Å². The minimum absolute atomic E-state index is 0.114. The highest BCUT2D eigenvalue weighted by atomic mass is 35.5. The summed E-state index contributed by atoms with van der Waals surface area (Å²) in [6.45, 7) is 6.02. The molecule has 7 heteroatoms. The average molecular weight is 455 g/mol. The molecule has 2 heterocycles. The first kappa shape index (κ1) is 22.5. The number of carbonyl (C=O) groups excluding carboxylic acids is 2. The molecule has 0 unspecified atom stereocenters. The minimum atomic E-state index is -0.663. The van der Waals surface area contributed by atoms with Gasteiger partial charge in [0.05, 0.1) is 24.8 Å². The summed E-state index contributed by atoms with van der Waals surface area (Å²) < 4.78 is 5.40. The van der Waals surface area contributed by atoms with E-state index in [9.17, 15) is 14.7 Å². The summed E-state index contributed by atoms with van der Waals surface area (Å²) in [6, 6.07) is 13.8. The lowest BCUT2D eigenvalue weighted by molar-refractivity contribution is -0.140. The molecule has 32 heavy (non-hydrogen) atoms. The maximum atomic E-state index is 13.1. The molecular weight excluding hydrogens is 428 g/mol. The van der Waals surface area contributed by atoms with Gasteiger partial charge in [0.1, 0.15) is 5.76 Å². The molecule has 0 saturated carbocycles. The van der Waals surface area contributed by atoms with Crippen molar-refractivity contribution < 1.29 is 19.4 Å². The van der Waals surface area contributed by atoms with Gasteiger partial charge < -0.3 is 14.7 Å². The lowest BCUT2D eigenvalue weighted by Crippen LogP contribution is -2.42. The topological polar surface area (TPSA) is 70.1 Å². The van der Waals surface area contributed by atoms with Crippen LogP contribution in [0.1, 0.15) is 29.7 Å². The van der Waals surface area contributed by atoms with E-state index in [1.165, 1.54) is 0 Å². The summed E-state index contributed by atoms with van der Waals surface area (Å²) in [7, 11) is 0. The normalized spacial score (nSPS) is 21.3. The Kier molecular flexibility index (Phi) is 6.94. The number of Topliss-reactive ketones (excluding diaryl/α,β-unsaturated/α-hetero) is 1. The molecular formula is C25H27ClN2O4. The van der Waals surface area contributed by atoms with Crippen LogP contribution >= 0.6 is 11.6 Å². The third-order valence-corrected chi connectivity index (χ3v) is 6.37. The van der Waals surface area contributed by atoms with Gasteiger partial charge in [0.15, 0.2) is 0 Å². The van der Waals surface area contributed by atoms with Crippen LogP contribution in [0.25, 0.3) is 5.76 Å². The quantitative estimate of drug-likeness (QED) is 0.410. The van der Waals surface area contributed by atoms with Crippen LogP contribution in [0, 0.1) is 0 Å². The zero-order valence-electron chi connectivity index (χ0n) is 18.1. The molecule has 1 atom stereocenters. The molecule has 2 aliphatic heterocycles. The number of aliphatic hydroxyl groups excluding tert-OH is 1. The van der Waals surface area contributed by atoms with E-state index in [1.54, 1.807) is 29.2 Å². The number of halogens is 1. The molecule has 168 valence electrons. The van der Waals surface area contributed by atoms with Gasteiger partial charge in [0.25, 0.3) is 11.7 Å². The fraction of sp³-hybridized carbons (Fsp3) is 0.360. The van der Waals surface area contributed by atoms with Crippen LogP contribution in [-0.4, -0.2) is 66.0 Å². The van der Waals surface area contributed by atoms with E-state index >= 15 is 0 Å². The Labute approximate surface area is 193 Å². The molecule has 2 fully saturated rings. The van der Waals surface area contributed by atoms with Gasteiger partial charge in [-0.3, -0.25) is 14.5 Å². The molecule has 0 aliphatic carbocycles. The molecule has 2 aromatic carbocycles. The van der Waals surface area contributed by atoms with Gasteiger partial charge in [-0.1, -0.05) is 42.8 Å². The molecule has 0 bridgehead atoms. The summed E-state index contributed by atoms with van der Waals surface area (Å²) in [6.07, 6.45) is 0.891. The van der Waals surface area contributed by atoms with Gasteiger partial charge in [-0.05, 0) is 41.8 Å². The van der Waals surface area contributed by atoms with Gasteiger partial charge in [0, 0.05) is 36.8 Å². The van der Waals surface area contributed by atoms with E-state index in [4.69, 9.17) is 16.3 Å². The van der Waals surface area contributed by atoms with Gasteiger partial charge >= 0.3 is 0 Å². The second kappa shape index (κ2) is 9.86. The standard InChI is InChI=1S/C25H27ClN2O4/c1-2-17-3-5-18(6-4-17)22-21(23(29)19-7-9-20(26)10-8-19)24(30)25(31)28(22)12-11-27-13-15-32-16-14-27/h3-10,22,29H,2,11-16H2,1H3/b23-21+/t22-/m1/s1. The maximum Gasteiger partial charge on any atom is 0.295 e. The van der Waals surface area contributed by atoms with Crippen molar-refractivity contribution >= 4 is 29.1 Å². The Morgan fingerprint density at radius 3 is 2.31 bits per heavy atom. The number of morpholine rings is 1. The van der Waals surface area contributed by atoms with Crippen molar-refractivity contribution in [2.24, 2.45) is 0 Å². The van der Waals surface area contributed by atoms with E-state index in [0.29, 0.717) is 36.9 Å². The second-order valence-electron chi connectivity index (χ2n) is 8.05. The van der Waals surface area contributed by atoms with Crippen molar-refractivity contribution in [3.05, 3.63) is 75.8 Å². The first-order chi connectivity index (χ1) is 15.5. The number of amides is 1. The average Bonchev–Trinajstić information content (AvgIpc) is 3.08. The smallest absolute Gasteiger partial charge is 0.295 e. The number of aliphatic hydroxyl groups is 1. The zero-order chi connectivity index (χ0) is 22.7. The van der Waals surface area contributed by atoms with Crippen LogP contribution in [0.4, 0.5) is 0 Å². The largest absolute Gasteiger partial charge is 0.507 e. The third-order valence-electron chi connectivity index (χ3n) is 6.12. The van der Waals surface area contributed by atoms with Gasteiger partial charge in [-0.15, -0.1) is 0 Å². The van der Waals surface area contributed by atoms with E-state index in [0.717, 1.165) is 30.6 Å². The highest BCUT2D eigenvalue weighted by Gasteiger charge is 2.46. The Morgan fingerprint density at radius 2 is 1.69 bits per heavy atom. The first-order valence-corrected chi connectivity index (χ1v) is 11.3. The number of rotatable bonds is 6. The van der Waals surface area contributed by atoms with Crippen molar-refractivity contribution in [3.8, 4) is 0 Å². The maximum absolute atomic E-state index is 13.1. The van der Waals surface area contributed by atoms with Crippen LogP contribution in [0.5, 0.6) is 0 Å². The SMILES string of the molecule is CCc1ccc([C@@H]2/C(=C(\O)c3ccc(Cl)cc3)C(=O)C(=O)N2CCN2CCOCC2)cc1. The molecule has 6 nitrogen and oxygen atoms in total. The molecule has 0 aromatic heterocycles. The number of ketones is 1. The molecule has 0 spiro atoms. The monoisotopic (exact) mass is 454 g/mol. The number of likely N-dealkylation sites (tertiary alicyclic amines) is 1. The Balaban J connectivity index is 1.72. The Hall–Kier alpha value is -2.67. The highest BCUT2D eigenvalue weighted by Crippen LogP contribution is 2.39. The Morgan fingerprint density at radius 1 is 1.03 bits per heavy atom. The van der Waals surface area contributed by atoms with Crippen molar-refractivity contribution in [2.45, 2.75) is 19.4 Å². The molecule has 1 N–H and O–H groups in total. The minimum Gasteiger partial charge on any atom is -0.507 e. The van der Waals surface area contributed by atoms with E-state index in [-0.39, 0.29) is 11.3 Å². The number of nitrogens with zero attached hydrogens (tertiary/aromatic N) is 2. The number of hydrogen-bond donors (Lipinski definition) is 1. The zero-order valence-corrected chi connectivity index (χ0v) is 18.8. The predicted molar refractivity (Wildman–Crippen MR) is 124 cm³/mol. The summed E-state index contributed by atoms with van der Waals surface area (Å²) >= 11 is 5.98. The van der Waals surface area contributed by atoms with Gasteiger partial charge in [-0.2, -0.15) is 0 Å². The van der Waals surface area contributed by atoms with Crippen LogP contribution in [-0.2, 0) is 20.7 Å². The summed E-state index contributed by atoms with van der Waals surface area (Å²) in [5, 5.41) is 11.6. The fourth-order valence-corrected chi connectivity index (χ4v) is 4.36. The van der Waals surface area contributed by atoms with E-state index < -0.39 is 17.7 Å². The Bertz CT molecular complexity index is 1010. The highest BCUT2D eigenvalue weighted by molar-refractivity contribution is 6.46. The van der Waals surface area contributed by atoms with Crippen LogP contribution in [0.3, 0.4) is 0 Å². The molecule has 2 saturated heterocycles. The molecule has 0 radical (unpaired) electrons. The van der Waals surface area contributed by atoms with Crippen LogP contribution in [0.2, 0.25) is 5.02 Å². The first-order valence-electron chi connectivity index (χ1n) is 10.9. The predicted octanol–water partition coefficient (Wildman–Crippen LogP) is 3.66. The third kappa shape index (κ3) is 4.58. The number of carbonyl (C=O) groups is 2. The lowest BCUT2D eigenvalue weighted by atomic mass is 9.94. The molecule has 2 aliphatic rings. The second-order valence-corrected chi connectivity index (χ2v) is 8.48. The van der Waals surface area contributed by atoms with Crippen LogP contribution < -0.4 is 0 Å². The number of ether oxygens (including phenoxy) is 1. The number of benzene rings is 2. The van der Waals surface area contributed by atoms with Crippen molar-refractivity contribution in [1.82, 2.24) is 9.80 Å². The lowest BCUT2D eigenvalue weighted by Gasteiger charge is -2.31.